The summed E-state index contributed by atoms with van der Waals surface area (Å²) in [7, 11) is 0. The molecule has 0 aromatic carbocycles. The Labute approximate surface area is 84.9 Å². The van der Waals surface area contributed by atoms with Crippen LogP contribution in [0.5, 0.6) is 0 Å². The Morgan fingerprint density at radius 1 is 1.43 bits per heavy atom. The van der Waals surface area contributed by atoms with Crippen molar-refractivity contribution in [2.24, 2.45) is 5.41 Å². The Kier molecular flexibility index (Phi) is 2.19. The fraction of sp³-hybridized carbons (Fsp3) is 0.545. The van der Waals surface area contributed by atoms with Gasteiger partial charge in [-0.1, -0.05) is 19.9 Å². The summed E-state index contributed by atoms with van der Waals surface area (Å²) >= 11 is 0. The van der Waals surface area contributed by atoms with Gasteiger partial charge in [-0.15, -0.1) is 0 Å². The van der Waals surface area contributed by atoms with Gasteiger partial charge in [-0.3, -0.25) is 4.90 Å². The van der Waals surface area contributed by atoms with Crippen molar-refractivity contribution in [2.75, 3.05) is 18.8 Å². The van der Waals surface area contributed by atoms with E-state index in [4.69, 9.17) is 5.73 Å². The molecule has 0 amide bonds. The van der Waals surface area contributed by atoms with E-state index in [2.05, 4.69) is 23.7 Å². The van der Waals surface area contributed by atoms with Gasteiger partial charge in [0.2, 0.25) is 0 Å². The second-order valence-electron chi connectivity index (χ2n) is 4.86. The normalized spacial score (nSPS) is 20.4. The molecule has 3 nitrogen and oxygen atoms in total. The molecule has 0 aliphatic carbocycles. The van der Waals surface area contributed by atoms with E-state index in [1.165, 1.54) is 0 Å². The van der Waals surface area contributed by atoms with E-state index >= 15 is 0 Å². The van der Waals surface area contributed by atoms with E-state index in [-0.39, 0.29) is 0 Å². The van der Waals surface area contributed by atoms with E-state index < -0.39 is 0 Å². The third-order valence-corrected chi connectivity index (χ3v) is 2.52. The van der Waals surface area contributed by atoms with Crippen LogP contribution in [-0.2, 0) is 6.54 Å². The summed E-state index contributed by atoms with van der Waals surface area (Å²) in [5, 5.41) is 0. The van der Waals surface area contributed by atoms with Crippen LogP contribution in [0.2, 0.25) is 0 Å². The zero-order chi connectivity index (χ0) is 10.2. The molecular weight excluding hydrogens is 174 g/mol. The van der Waals surface area contributed by atoms with Gasteiger partial charge in [-0.05, 0) is 17.5 Å². The van der Waals surface area contributed by atoms with Gasteiger partial charge in [0, 0.05) is 19.6 Å². The number of hydrogen-bond acceptors (Lipinski definition) is 3. The predicted molar refractivity (Wildman–Crippen MR) is 57.7 cm³/mol. The van der Waals surface area contributed by atoms with Gasteiger partial charge in [0.25, 0.3) is 0 Å². The molecule has 14 heavy (non-hydrogen) atoms. The second-order valence-corrected chi connectivity index (χ2v) is 4.86. The van der Waals surface area contributed by atoms with Gasteiger partial charge in [0.05, 0.1) is 5.69 Å². The van der Waals surface area contributed by atoms with Crippen molar-refractivity contribution in [1.29, 1.82) is 0 Å². The Hall–Kier alpha value is -1.09. The molecule has 2 N–H and O–H groups in total. The van der Waals surface area contributed by atoms with E-state index in [9.17, 15) is 0 Å². The molecule has 2 heterocycles. The molecule has 2 rings (SSSR count). The van der Waals surface area contributed by atoms with Crippen LogP contribution < -0.4 is 5.73 Å². The standard InChI is InChI=1S/C11H17N3/c1-11(2)7-14(8-11)6-9-4-3-5-10(12)13-9/h3-5H,6-8H2,1-2H3,(H2,12,13). The highest BCUT2D eigenvalue weighted by Gasteiger charge is 2.33. The number of hydrogen-bond donors (Lipinski definition) is 1. The highest BCUT2D eigenvalue weighted by atomic mass is 15.2. The lowest BCUT2D eigenvalue weighted by molar-refractivity contribution is 0.0233. The highest BCUT2D eigenvalue weighted by Crippen LogP contribution is 2.29. The molecule has 1 aromatic heterocycles. The maximum atomic E-state index is 5.62. The number of likely N-dealkylation sites (tertiary alicyclic amines) is 1. The molecule has 1 fully saturated rings. The Balaban J connectivity index is 1.93. The van der Waals surface area contributed by atoms with Crippen LogP contribution >= 0.6 is 0 Å². The van der Waals surface area contributed by atoms with Crippen LogP contribution in [-0.4, -0.2) is 23.0 Å². The Bertz CT molecular complexity index is 325. The first-order valence-corrected chi connectivity index (χ1v) is 4.99. The highest BCUT2D eigenvalue weighted by molar-refractivity contribution is 5.28. The number of nitrogens with two attached hydrogens (primary N) is 1. The number of aromatic nitrogens is 1. The number of anilines is 1. The maximum absolute atomic E-state index is 5.62. The molecule has 1 aromatic rings. The van der Waals surface area contributed by atoms with Gasteiger partial charge in [-0.25, -0.2) is 4.98 Å². The fourth-order valence-electron chi connectivity index (χ4n) is 2.09. The average Bonchev–Trinajstić information content (AvgIpc) is 2.00. The fourth-order valence-corrected chi connectivity index (χ4v) is 2.09. The molecule has 0 atom stereocenters. The first-order chi connectivity index (χ1) is 6.55. The number of nitrogens with zero attached hydrogens (tertiary/aromatic N) is 2. The van der Waals surface area contributed by atoms with Gasteiger partial charge < -0.3 is 5.73 Å². The van der Waals surface area contributed by atoms with Crippen LogP contribution in [0.1, 0.15) is 19.5 Å². The van der Waals surface area contributed by atoms with Gasteiger partial charge in [0.15, 0.2) is 0 Å². The molecule has 0 unspecified atom stereocenters. The van der Waals surface area contributed by atoms with E-state index in [1.807, 2.05) is 18.2 Å². The molecule has 0 bridgehead atoms. The smallest absolute Gasteiger partial charge is 0.123 e. The molecule has 76 valence electrons. The minimum atomic E-state index is 0.486. The summed E-state index contributed by atoms with van der Waals surface area (Å²) in [6.07, 6.45) is 0. The van der Waals surface area contributed by atoms with E-state index in [1.54, 1.807) is 0 Å². The number of pyridine rings is 1. The van der Waals surface area contributed by atoms with Crippen LogP contribution in [0.3, 0.4) is 0 Å². The third kappa shape index (κ3) is 2.04. The van der Waals surface area contributed by atoms with Crippen LogP contribution in [0.25, 0.3) is 0 Å². The monoisotopic (exact) mass is 191 g/mol. The summed E-state index contributed by atoms with van der Waals surface area (Å²) in [4.78, 5) is 6.67. The third-order valence-electron chi connectivity index (χ3n) is 2.52. The molecule has 0 radical (unpaired) electrons. The van der Waals surface area contributed by atoms with Gasteiger partial charge in [-0.2, -0.15) is 0 Å². The largest absolute Gasteiger partial charge is 0.384 e. The molecule has 1 aliphatic heterocycles. The van der Waals surface area contributed by atoms with Crippen molar-refractivity contribution in [2.45, 2.75) is 20.4 Å². The Morgan fingerprint density at radius 3 is 2.71 bits per heavy atom. The van der Waals surface area contributed by atoms with Crippen molar-refractivity contribution in [3.63, 3.8) is 0 Å². The molecular formula is C11H17N3. The van der Waals surface area contributed by atoms with Crippen LogP contribution in [0, 0.1) is 5.41 Å². The van der Waals surface area contributed by atoms with Crippen molar-refractivity contribution in [3.05, 3.63) is 23.9 Å². The minimum Gasteiger partial charge on any atom is -0.384 e. The minimum absolute atomic E-state index is 0.486. The summed E-state index contributed by atoms with van der Waals surface area (Å²) in [6, 6.07) is 5.81. The van der Waals surface area contributed by atoms with Crippen molar-refractivity contribution in [3.8, 4) is 0 Å². The first kappa shape index (κ1) is 9.46. The molecule has 3 heteroatoms. The lowest BCUT2D eigenvalue weighted by Crippen LogP contribution is -2.52. The summed E-state index contributed by atoms with van der Waals surface area (Å²) < 4.78 is 0. The van der Waals surface area contributed by atoms with Crippen molar-refractivity contribution < 1.29 is 0 Å². The van der Waals surface area contributed by atoms with Crippen molar-refractivity contribution >= 4 is 5.82 Å². The molecule has 1 aliphatic rings. The second kappa shape index (κ2) is 3.24. The predicted octanol–water partition coefficient (Wildman–Crippen LogP) is 1.51. The van der Waals surface area contributed by atoms with Crippen LogP contribution in [0.15, 0.2) is 18.2 Å². The average molecular weight is 191 g/mol. The quantitative estimate of drug-likeness (QED) is 0.770. The lowest BCUT2D eigenvalue weighted by atomic mass is 9.84. The summed E-state index contributed by atoms with van der Waals surface area (Å²) in [5.74, 6) is 0.613. The molecule has 0 saturated carbocycles. The first-order valence-electron chi connectivity index (χ1n) is 4.99. The molecule has 0 spiro atoms. The van der Waals surface area contributed by atoms with Crippen LogP contribution in [0.4, 0.5) is 5.82 Å². The topological polar surface area (TPSA) is 42.1 Å². The number of nitrogen functional groups attached to an aromatic ring is 1. The zero-order valence-electron chi connectivity index (χ0n) is 8.83. The maximum Gasteiger partial charge on any atom is 0.123 e. The van der Waals surface area contributed by atoms with Gasteiger partial charge >= 0.3 is 0 Å². The summed E-state index contributed by atoms with van der Waals surface area (Å²) in [5.41, 5.74) is 7.17. The zero-order valence-corrected chi connectivity index (χ0v) is 8.83. The SMILES string of the molecule is CC1(C)CN(Cc2cccc(N)n2)C1. The Morgan fingerprint density at radius 2 is 2.14 bits per heavy atom. The molecule has 1 saturated heterocycles. The lowest BCUT2D eigenvalue weighted by Gasteiger charge is -2.45. The number of rotatable bonds is 2. The van der Waals surface area contributed by atoms with E-state index in [0.29, 0.717) is 11.2 Å². The summed E-state index contributed by atoms with van der Waals surface area (Å²) in [6.45, 7) is 7.81. The van der Waals surface area contributed by atoms with Gasteiger partial charge in [0.1, 0.15) is 5.82 Å². The van der Waals surface area contributed by atoms with E-state index in [0.717, 1.165) is 25.3 Å². The van der Waals surface area contributed by atoms with Crippen molar-refractivity contribution in [1.82, 2.24) is 9.88 Å².